The lowest BCUT2D eigenvalue weighted by atomic mass is 10.0. The molecule has 0 bridgehead atoms. The van der Waals surface area contributed by atoms with Crippen LogP contribution in [0.4, 0.5) is 5.69 Å². The maximum absolute atomic E-state index is 12.5. The predicted octanol–water partition coefficient (Wildman–Crippen LogP) is 4.90. The molecule has 3 rings (SSSR count). The van der Waals surface area contributed by atoms with Gasteiger partial charge in [0.1, 0.15) is 0 Å². The van der Waals surface area contributed by atoms with Crippen LogP contribution in [0, 0.1) is 5.92 Å². The van der Waals surface area contributed by atoms with Gasteiger partial charge in [-0.1, -0.05) is 55.8 Å². The Hall–Kier alpha value is -2.26. The van der Waals surface area contributed by atoms with E-state index in [0.717, 1.165) is 48.9 Å². The Morgan fingerprint density at radius 1 is 1.07 bits per heavy atom. The van der Waals surface area contributed by atoms with Crippen LogP contribution in [0.25, 0.3) is 6.08 Å². The summed E-state index contributed by atoms with van der Waals surface area (Å²) in [5.74, 6) is 0.727. The number of hydrogen-bond acceptors (Lipinski definition) is 2. The molecule has 1 aliphatic rings. The van der Waals surface area contributed by atoms with Gasteiger partial charge in [0.05, 0.1) is 0 Å². The first-order valence-electron chi connectivity index (χ1n) is 9.58. The summed E-state index contributed by atoms with van der Waals surface area (Å²) in [5.41, 5.74) is 3.52. The molecule has 3 nitrogen and oxygen atoms in total. The molecular formula is C23H27ClN2O. The van der Waals surface area contributed by atoms with Crippen LogP contribution in [-0.4, -0.2) is 37.0 Å². The van der Waals surface area contributed by atoms with Crippen LogP contribution >= 0.6 is 11.6 Å². The normalized spacial score (nSPS) is 15.0. The standard InChI is InChI=1S/C23H27ClN2O/c1-18(2)16-20-8-6-19(7-9-20)10-11-23(27)26-14-12-25(13-15-26)22-5-3-4-21(24)17-22/h3-11,17-18H,12-16H2,1-2H3/b11-10+. The van der Waals surface area contributed by atoms with Gasteiger partial charge in [-0.05, 0) is 47.7 Å². The molecule has 0 spiro atoms. The van der Waals surface area contributed by atoms with Crippen molar-refractivity contribution >= 4 is 29.3 Å². The van der Waals surface area contributed by atoms with Gasteiger partial charge < -0.3 is 9.80 Å². The van der Waals surface area contributed by atoms with Gasteiger partial charge in [0.15, 0.2) is 0 Å². The molecule has 1 fully saturated rings. The maximum Gasteiger partial charge on any atom is 0.246 e. The highest BCUT2D eigenvalue weighted by molar-refractivity contribution is 6.30. The van der Waals surface area contributed by atoms with Gasteiger partial charge in [-0.3, -0.25) is 4.79 Å². The second-order valence-corrected chi connectivity index (χ2v) is 7.90. The van der Waals surface area contributed by atoms with Gasteiger partial charge in [-0.15, -0.1) is 0 Å². The van der Waals surface area contributed by atoms with Gasteiger partial charge in [-0.25, -0.2) is 0 Å². The lowest BCUT2D eigenvalue weighted by molar-refractivity contribution is -0.126. The van der Waals surface area contributed by atoms with Crippen LogP contribution in [-0.2, 0) is 11.2 Å². The first-order valence-corrected chi connectivity index (χ1v) is 9.95. The predicted molar refractivity (Wildman–Crippen MR) is 114 cm³/mol. The Balaban J connectivity index is 1.52. The number of amides is 1. The van der Waals surface area contributed by atoms with Gasteiger partial charge in [0.2, 0.25) is 5.91 Å². The van der Waals surface area contributed by atoms with Crippen LogP contribution in [0.2, 0.25) is 5.02 Å². The molecule has 0 unspecified atom stereocenters. The van der Waals surface area contributed by atoms with Crippen molar-refractivity contribution in [2.24, 2.45) is 5.92 Å². The number of rotatable bonds is 5. The number of carbonyl (C=O) groups excluding carboxylic acids is 1. The van der Waals surface area contributed by atoms with E-state index in [1.807, 2.05) is 29.2 Å². The first-order chi connectivity index (χ1) is 13.0. The third-order valence-corrected chi connectivity index (χ3v) is 5.04. The average molecular weight is 383 g/mol. The van der Waals surface area contributed by atoms with E-state index in [1.54, 1.807) is 6.08 Å². The molecule has 2 aromatic carbocycles. The summed E-state index contributed by atoms with van der Waals surface area (Å²) in [5, 5.41) is 0.744. The molecule has 142 valence electrons. The number of halogens is 1. The summed E-state index contributed by atoms with van der Waals surface area (Å²) in [6.07, 6.45) is 4.68. The summed E-state index contributed by atoms with van der Waals surface area (Å²) in [7, 11) is 0. The van der Waals surface area contributed by atoms with E-state index in [2.05, 4.69) is 49.1 Å². The summed E-state index contributed by atoms with van der Waals surface area (Å²) < 4.78 is 0. The van der Waals surface area contributed by atoms with Crippen molar-refractivity contribution in [3.05, 3.63) is 70.8 Å². The zero-order chi connectivity index (χ0) is 19.2. The highest BCUT2D eigenvalue weighted by atomic mass is 35.5. The smallest absolute Gasteiger partial charge is 0.246 e. The third kappa shape index (κ3) is 5.61. The van der Waals surface area contributed by atoms with Crippen LogP contribution in [0.5, 0.6) is 0 Å². The van der Waals surface area contributed by atoms with E-state index in [1.165, 1.54) is 5.56 Å². The average Bonchev–Trinajstić information content (AvgIpc) is 2.67. The van der Waals surface area contributed by atoms with Crippen LogP contribution < -0.4 is 4.90 Å². The second kappa shape index (κ2) is 9.09. The first kappa shape index (κ1) is 19.5. The quantitative estimate of drug-likeness (QED) is 0.686. The minimum absolute atomic E-state index is 0.0759. The van der Waals surface area contributed by atoms with Crippen molar-refractivity contribution < 1.29 is 4.79 Å². The zero-order valence-corrected chi connectivity index (χ0v) is 16.8. The molecule has 0 N–H and O–H groups in total. The summed E-state index contributed by atoms with van der Waals surface area (Å²) in [4.78, 5) is 16.7. The van der Waals surface area contributed by atoms with Gasteiger partial charge in [0, 0.05) is 43.0 Å². The molecule has 1 heterocycles. The number of carbonyl (C=O) groups is 1. The fraction of sp³-hybridized carbons (Fsp3) is 0.348. The summed E-state index contributed by atoms with van der Waals surface area (Å²) >= 11 is 6.08. The largest absolute Gasteiger partial charge is 0.368 e. The van der Waals surface area contributed by atoms with Crippen molar-refractivity contribution in [3.8, 4) is 0 Å². The van der Waals surface area contributed by atoms with Crippen molar-refractivity contribution in [2.45, 2.75) is 20.3 Å². The van der Waals surface area contributed by atoms with Crippen LogP contribution in [0.15, 0.2) is 54.6 Å². The molecule has 0 radical (unpaired) electrons. The highest BCUT2D eigenvalue weighted by Gasteiger charge is 2.19. The number of anilines is 1. The monoisotopic (exact) mass is 382 g/mol. The summed E-state index contributed by atoms with van der Waals surface area (Å²) in [6, 6.07) is 16.3. The van der Waals surface area contributed by atoms with Crippen LogP contribution in [0.3, 0.4) is 0 Å². The lowest BCUT2D eigenvalue weighted by Gasteiger charge is -2.35. The molecule has 0 saturated carbocycles. The number of nitrogens with zero attached hydrogens (tertiary/aromatic N) is 2. The molecular weight excluding hydrogens is 356 g/mol. The van der Waals surface area contributed by atoms with Crippen molar-refractivity contribution in [1.82, 2.24) is 4.90 Å². The van der Waals surface area contributed by atoms with Crippen molar-refractivity contribution in [2.75, 3.05) is 31.1 Å². The Kier molecular flexibility index (Phi) is 6.57. The van der Waals surface area contributed by atoms with Crippen molar-refractivity contribution in [3.63, 3.8) is 0 Å². The minimum atomic E-state index is 0.0759. The Morgan fingerprint density at radius 2 is 1.78 bits per heavy atom. The second-order valence-electron chi connectivity index (χ2n) is 7.47. The van der Waals surface area contributed by atoms with E-state index < -0.39 is 0 Å². The molecule has 1 saturated heterocycles. The molecule has 1 aliphatic heterocycles. The fourth-order valence-electron chi connectivity index (χ4n) is 3.37. The van der Waals surface area contributed by atoms with Crippen molar-refractivity contribution in [1.29, 1.82) is 0 Å². The fourth-order valence-corrected chi connectivity index (χ4v) is 3.55. The lowest BCUT2D eigenvalue weighted by Crippen LogP contribution is -2.48. The molecule has 1 amide bonds. The van der Waals surface area contributed by atoms with E-state index in [4.69, 9.17) is 11.6 Å². The molecule has 2 aromatic rings. The van der Waals surface area contributed by atoms with E-state index >= 15 is 0 Å². The Morgan fingerprint density at radius 3 is 2.41 bits per heavy atom. The number of piperazine rings is 1. The summed E-state index contributed by atoms with van der Waals surface area (Å²) in [6.45, 7) is 7.54. The van der Waals surface area contributed by atoms with Gasteiger partial charge >= 0.3 is 0 Å². The SMILES string of the molecule is CC(C)Cc1ccc(/C=C/C(=O)N2CCN(c3cccc(Cl)c3)CC2)cc1. The Labute approximate surface area is 167 Å². The zero-order valence-electron chi connectivity index (χ0n) is 16.1. The maximum atomic E-state index is 12.5. The molecule has 0 aromatic heterocycles. The molecule has 0 atom stereocenters. The molecule has 4 heteroatoms. The highest BCUT2D eigenvalue weighted by Crippen LogP contribution is 2.21. The van der Waals surface area contributed by atoms with Gasteiger partial charge in [-0.2, -0.15) is 0 Å². The topological polar surface area (TPSA) is 23.6 Å². The van der Waals surface area contributed by atoms with Gasteiger partial charge in [0.25, 0.3) is 0 Å². The number of hydrogen-bond donors (Lipinski definition) is 0. The molecule has 27 heavy (non-hydrogen) atoms. The third-order valence-electron chi connectivity index (χ3n) is 4.81. The van der Waals surface area contributed by atoms with E-state index in [-0.39, 0.29) is 5.91 Å². The number of benzene rings is 2. The molecule has 0 aliphatic carbocycles. The minimum Gasteiger partial charge on any atom is -0.368 e. The van der Waals surface area contributed by atoms with E-state index in [9.17, 15) is 4.79 Å². The van der Waals surface area contributed by atoms with Crippen LogP contribution in [0.1, 0.15) is 25.0 Å². The van der Waals surface area contributed by atoms with E-state index in [0.29, 0.717) is 5.92 Å². The Bertz CT molecular complexity index is 790.